The zero-order chi connectivity index (χ0) is 20.5. The van der Waals surface area contributed by atoms with E-state index in [9.17, 15) is 9.59 Å². The number of piperidine rings is 1. The van der Waals surface area contributed by atoms with Gasteiger partial charge >= 0.3 is 0 Å². The number of nitrogens with one attached hydrogen (secondary N) is 1. The van der Waals surface area contributed by atoms with Crippen LogP contribution < -0.4 is 0 Å². The first-order valence-electron chi connectivity index (χ1n) is 10.6. The van der Waals surface area contributed by atoms with Crippen LogP contribution in [-0.2, 0) is 4.79 Å². The van der Waals surface area contributed by atoms with E-state index in [4.69, 9.17) is 4.98 Å². The van der Waals surface area contributed by atoms with Crippen molar-refractivity contribution in [1.82, 2.24) is 24.8 Å². The second kappa shape index (κ2) is 7.89. The number of amides is 2. The van der Waals surface area contributed by atoms with Crippen LogP contribution in [0, 0.1) is 0 Å². The van der Waals surface area contributed by atoms with Crippen LogP contribution in [0.25, 0.3) is 11.0 Å². The largest absolute Gasteiger partial charge is 0.341 e. The van der Waals surface area contributed by atoms with E-state index in [1.165, 1.54) is 0 Å². The summed E-state index contributed by atoms with van der Waals surface area (Å²) in [5.74, 6) is 1.33. The molecule has 7 nitrogen and oxygen atoms in total. The van der Waals surface area contributed by atoms with Gasteiger partial charge in [0.05, 0.1) is 17.2 Å². The van der Waals surface area contributed by atoms with Crippen LogP contribution in [-0.4, -0.2) is 62.2 Å². The smallest absolute Gasteiger partial charge is 0.254 e. The van der Waals surface area contributed by atoms with E-state index < -0.39 is 0 Å². The van der Waals surface area contributed by atoms with Gasteiger partial charge < -0.3 is 14.8 Å². The van der Waals surface area contributed by atoms with Crippen LogP contribution in [0.5, 0.6) is 0 Å². The van der Waals surface area contributed by atoms with Gasteiger partial charge in [0, 0.05) is 37.3 Å². The lowest BCUT2D eigenvalue weighted by Gasteiger charge is -2.35. The number of imidazole rings is 1. The molecule has 0 saturated carbocycles. The molecule has 0 bridgehead atoms. The Morgan fingerprint density at radius 3 is 2.57 bits per heavy atom. The molecule has 2 fully saturated rings. The average molecular weight is 403 g/mol. The number of H-pyrrole nitrogens is 1. The van der Waals surface area contributed by atoms with Gasteiger partial charge in [0.2, 0.25) is 5.91 Å². The number of aromatic amines is 1. The Balaban J connectivity index is 1.24. The van der Waals surface area contributed by atoms with Crippen molar-refractivity contribution in [3.05, 3.63) is 60.2 Å². The molecule has 5 rings (SSSR count). The molecule has 3 aromatic rings. The van der Waals surface area contributed by atoms with Crippen LogP contribution in [0.1, 0.15) is 47.8 Å². The number of aromatic nitrogens is 3. The minimum Gasteiger partial charge on any atom is -0.341 e. The number of benzene rings is 1. The number of carbonyl (C=O) groups is 2. The zero-order valence-electron chi connectivity index (χ0n) is 16.8. The molecule has 0 radical (unpaired) electrons. The fraction of sp³-hybridized carbons (Fsp3) is 0.391. The van der Waals surface area contributed by atoms with E-state index in [0.717, 1.165) is 42.5 Å². The average Bonchev–Trinajstić information content (AvgIpc) is 3.46. The third-order valence-corrected chi connectivity index (χ3v) is 6.31. The third-order valence-electron chi connectivity index (χ3n) is 6.31. The molecule has 7 heteroatoms. The first-order valence-corrected chi connectivity index (χ1v) is 10.6. The maximum absolute atomic E-state index is 13.2. The molecule has 1 atom stereocenters. The molecule has 2 aromatic heterocycles. The van der Waals surface area contributed by atoms with E-state index in [0.29, 0.717) is 31.1 Å². The predicted octanol–water partition coefficient (Wildman–Crippen LogP) is 2.97. The lowest BCUT2D eigenvalue weighted by Crippen LogP contribution is -2.49. The summed E-state index contributed by atoms with van der Waals surface area (Å²) in [5.41, 5.74) is 2.53. The number of hydrogen-bond acceptors (Lipinski definition) is 4. The topological polar surface area (TPSA) is 82.2 Å². The molecule has 2 aliphatic heterocycles. The molecule has 0 spiro atoms. The standard InChI is InChI=1S/C23H25N5O2/c29-22(17-5-2-1-3-6-17)28-12-4-7-20(28)23(30)27-13-9-16(10-14-27)21-25-18-8-11-24-15-19(18)26-21/h1-3,5-6,8,11,15-16,20H,4,7,9-10,12-14H2,(H,25,26). The summed E-state index contributed by atoms with van der Waals surface area (Å²) in [4.78, 5) is 42.0. The summed E-state index contributed by atoms with van der Waals surface area (Å²) in [6.07, 6.45) is 6.91. The number of carbonyl (C=O) groups excluding carboxylic acids is 2. The van der Waals surface area contributed by atoms with Gasteiger partial charge in [0.1, 0.15) is 11.9 Å². The lowest BCUT2D eigenvalue weighted by atomic mass is 9.95. The summed E-state index contributed by atoms with van der Waals surface area (Å²) in [6.45, 7) is 2.04. The van der Waals surface area contributed by atoms with Crippen molar-refractivity contribution in [2.45, 2.75) is 37.6 Å². The molecule has 2 saturated heterocycles. The quantitative estimate of drug-likeness (QED) is 0.729. The molecule has 1 N–H and O–H groups in total. The van der Waals surface area contributed by atoms with Crippen molar-refractivity contribution in [3.63, 3.8) is 0 Å². The highest BCUT2D eigenvalue weighted by Gasteiger charge is 2.38. The summed E-state index contributed by atoms with van der Waals surface area (Å²) >= 11 is 0. The Morgan fingerprint density at radius 2 is 1.80 bits per heavy atom. The molecule has 0 aliphatic carbocycles. The highest BCUT2D eigenvalue weighted by Crippen LogP contribution is 2.29. The highest BCUT2D eigenvalue weighted by atomic mass is 16.2. The second-order valence-electron chi connectivity index (χ2n) is 8.14. The Hall–Kier alpha value is -3.22. The van der Waals surface area contributed by atoms with Crippen molar-refractivity contribution in [2.75, 3.05) is 19.6 Å². The number of likely N-dealkylation sites (tertiary alicyclic amines) is 2. The normalized spacial score (nSPS) is 20.1. The Kier molecular flexibility index (Phi) is 4.94. The molecule has 4 heterocycles. The van der Waals surface area contributed by atoms with Crippen molar-refractivity contribution in [1.29, 1.82) is 0 Å². The van der Waals surface area contributed by atoms with Crippen molar-refractivity contribution >= 4 is 22.8 Å². The molecule has 1 aromatic carbocycles. The number of rotatable bonds is 3. The van der Waals surface area contributed by atoms with Gasteiger partial charge in [-0.1, -0.05) is 18.2 Å². The van der Waals surface area contributed by atoms with Crippen molar-refractivity contribution < 1.29 is 9.59 Å². The molecule has 2 amide bonds. The zero-order valence-corrected chi connectivity index (χ0v) is 16.8. The van der Waals surface area contributed by atoms with E-state index in [2.05, 4.69) is 9.97 Å². The van der Waals surface area contributed by atoms with Gasteiger partial charge in [-0.25, -0.2) is 4.98 Å². The molecular weight excluding hydrogens is 378 g/mol. The van der Waals surface area contributed by atoms with Crippen LogP contribution in [0.15, 0.2) is 48.8 Å². The lowest BCUT2D eigenvalue weighted by molar-refractivity contribution is -0.136. The summed E-state index contributed by atoms with van der Waals surface area (Å²) < 4.78 is 0. The molecule has 2 aliphatic rings. The first kappa shape index (κ1) is 18.8. The van der Waals surface area contributed by atoms with E-state index in [1.807, 2.05) is 41.3 Å². The third kappa shape index (κ3) is 3.44. The number of fused-ring (bicyclic) bond motifs is 1. The molecule has 154 valence electrons. The molecule has 30 heavy (non-hydrogen) atoms. The monoisotopic (exact) mass is 403 g/mol. The minimum atomic E-state index is -0.341. The Morgan fingerprint density at radius 1 is 1.00 bits per heavy atom. The van der Waals surface area contributed by atoms with Gasteiger partial charge in [-0.15, -0.1) is 0 Å². The fourth-order valence-corrected chi connectivity index (χ4v) is 4.67. The van der Waals surface area contributed by atoms with Gasteiger partial charge in [0.15, 0.2) is 0 Å². The van der Waals surface area contributed by atoms with Crippen molar-refractivity contribution in [3.8, 4) is 0 Å². The SMILES string of the molecule is O=C(C1CCCN1C(=O)c1ccccc1)N1CCC(c2nc3ccncc3[nH]2)CC1. The second-order valence-corrected chi connectivity index (χ2v) is 8.14. The summed E-state index contributed by atoms with van der Waals surface area (Å²) in [7, 11) is 0. The maximum Gasteiger partial charge on any atom is 0.254 e. The number of hydrogen-bond donors (Lipinski definition) is 1. The van der Waals surface area contributed by atoms with Crippen LogP contribution in [0.4, 0.5) is 0 Å². The van der Waals surface area contributed by atoms with Gasteiger partial charge in [0.25, 0.3) is 5.91 Å². The van der Waals surface area contributed by atoms with Crippen molar-refractivity contribution in [2.24, 2.45) is 0 Å². The van der Waals surface area contributed by atoms with Gasteiger partial charge in [-0.2, -0.15) is 0 Å². The van der Waals surface area contributed by atoms with E-state index >= 15 is 0 Å². The highest BCUT2D eigenvalue weighted by molar-refractivity contribution is 5.98. The molecular formula is C23H25N5O2. The first-order chi connectivity index (χ1) is 14.7. The molecule has 1 unspecified atom stereocenters. The van der Waals surface area contributed by atoms with Gasteiger partial charge in [-0.05, 0) is 43.9 Å². The minimum absolute atomic E-state index is 0.0442. The summed E-state index contributed by atoms with van der Waals surface area (Å²) in [5, 5.41) is 0. The van der Waals surface area contributed by atoms with Crippen LogP contribution in [0.2, 0.25) is 0 Å². The van der Waals surface area contributed by atoms with Crippen LogP contribution >= 0.6 is 0 Å². The Bertz CT molecular complexity index is 1020. The Labute approximate surface area is 175 Å². The fourth-order valence-electron chi connectivity index (χ4n) is 4.67. The maximum atomic E-state index is 13.2. The number of pyridine rings is 1. The summed E-state index contributed by atoms with van der Waals surface area (Å²) in [6, 6.07) is 10.8. The van der Waals surface area contributed by atoms with E-state index in [1.54, 1.807) is 17.3 Å². The van der Waals surface area contributed by atoms with E-state index in [-0.39, 0.29) is 17.9 Å². The van der Waals surface area contributed by atoms with Gasteiger partial charge in [-0.3, -0.25) is 14.6 Å². The predicted molar refractivity (Wildman–Crippen MR) is 113 cm³/mol. The number of nitrogens with zero attached hydrogens (tertiary/aromatic N) is 4. The van der Waals surface area contributed by atoms with Crippen LogP contribution in [0.3, 0.4) is 0 Å².